The maximum absolute atomic E-state index is 12.9. The fourth-order valence-corrected chi connectivity index (χ4v) is 12.4. The minimum Gasteiger partial charge on any atom is -0.481 e. The second-order valence-corrected chi connectivity index (χ2v) is 17.7. The van der Waals surface area contributed by atoms with Gasteiger partial charge in [-0.25, -0.2) is 8.37 Å². The van der Waals surface area contributed by atoms with Crippen LogP contribution in [0.3, 0.4) is 0 Å². The Hall–Kier alpha value is -1.09. The molecule has 0 unspecified atom stereocenters. The fraction of sp³-hybridized carbons (Fsp3) is 0.900. The summed E-state index contributed by atoms with van der Waals surface area (Å²) >= 11 is 0. The van der Waals surface area contributed by atoms with E-state index in [2.05, 4.69) is 26.8 Å². The third kappa shape index (κ3) is 4.77. The average Bonchev–Trinajstić information content (AvgIpc) is 2.86. The van der Waals surface area contributed by atoms with Crippen molar-refractivity contribution in [2.24, 2.45) is 50.7 Å². The molecular weight excluding hydrogens is 600 g/mol. The highest BCUT2D eigenvalue weighted by molar-refractivity contribution is 7.81. The number of carboxylic acids is 1. The topological polar surface area (TPSA) is 185 Å². The zero-order valence-corrected chi connectivity index (χ0v) is 27.6. The summed E-state index contributed by atoms with van der Waals surface area (Å²) in [5.41, 5.74) is -3.49. The predicted molar refractivity (Wildman–Crippen MR) is 156 cm³/mol. The van der Waals surface area contributed by atoms with Gasteiger partial charge in [0.25, 0.3) is 0 Å². The molecule has 5 rings (SSSR count). The Morgan fingerprint density at radius 1 is 0.907 bits per heavy atom. The van der Waals surface area contributed by atoms with Gasteiger partial charge in [-0.05, 0) is 98.7 Å². The Morgan fingerprint density at radius 2 is 1.56 bits per heavy atom. The molecule has 5 aliphatic rings. The number of rotatable bonds is 6. The van der Waals surface area contributed by atoms with Crippen molar-refractivity contribution in [1.82, 2.24) is 0 Å². The third-order valence-corrected chi connectivity index (χ3v) is 14.9. The summed E-state index contributed by atoms with van der Waals surface area (Å²) < 4.78 is 75.9. The maximum atomic E-state index is 12.9. The first-order chi connectivity index (χ1) is 19.5. The molecule has 43 heavy (non-hydrogen) atoms. The first-order valence-corrected chi connectivity index (χ1v) is 18.1. The van der Waals surface area contributed by atoms with E-state index in [0.717, 1.165) is 5.57 Å². The smallest absolute Gasteiger partial charge is 0.397 e. The van der Waals surface area contributed by atoms with Crippen LogP contribution in [-0.2, 0) is 34.0 Å². The van der Waals surface area contributed by atoms with Gasteiger partial charge in [0, 0.05) is 11.3 Å². The monoisotopic (exact) mass is 648 g/mol. The van der Waals surface area contributed by atoms with Crippen molar-refractivity contribution in [2.75, 3.05) is 6.61 Å². The summed E-state index contributed by atoms with van der Waals surface area (Å²) in [5.74, 6) is -1.64. The van der Waals surface area contributed by atoms with Gasteiger partial charge in [-0.1, -0.05) is 46.3 Å². The van der Waals surface area contributed by atoms with Gasteiger partial charge in [0.1, 0.15) is 0 Å². The van der Waals surface area contributed by atoms with E-state index in [-0.39, 0.29) is 29.6 Å². The lowest BCUT2D eigenvalue weighted by Crippen LogP contribution is -2.68. The van der Waals surface area contributed by atoms with Gasteiger partial charge >= 0.3 is 26.8 Å². The number of carboxylic acid groups (broad SMARTS) is 1. The highest BCUT2D eigenvalue weighted by atomic mass is 32.3. The van der Waals surface area contributed by atoms with E-state index in [1.165, 1.54) is 0 Å². The molecule has 4 fully saturated rings. The molecule has 0 aromatic rings. The highest BCUT2D eigenvalue weighted by Crippen LogP contribution is 2.76. The molecule has 11 nitrogen and oxygen atoms in total. The average molecular weight is 649 g/mol. The number of hydrogen-bond donors (Lipinski definition) is 4. The van der Waals surface area contributed by atoms with Crippen molar-refractivity contribution in [3.05, 3.63) is 11.6 Å². The number of allylic oxidation sites excluding steroid dienone is 1. The van der Waals surface area contributed by atoms with Crippen LogP contribution in [0.5, 0.6) is 0 Å². The van der Waals surface area contributed by atoms with Gasteiger partial charge in [0.15, 0.2) is 0 Å². The second-order valence-electron chi connectivity index (χ2n) is 15.6. The van der Waals surface area contributed by atoms with Crippen LogP contribution in [-0.4, -0.2) is 60.4 Å². The first kappa shape index (κ1) is 33.3. The minimum absolute atomic E-state index is 0.0615. The van der Waals surface area contributed by atoms with Crippen molar-refractivity contribution in [1.29, 1.82) is 0 Å². The molecule has 0 amide bonds. The van der Waals surface area contributed by atoms with E-state index in [1.807, 2.05) is 6.92 Å². The largest absolute Gasteiger partial charge is 0.481 e. The molecule has 4 N–H and O–H groups in total. The number of fused-ring (bicyclic) bond motifs is 7. The molecule has 246 valence electrons. The number of carbonyl (C=O) groups is 1. The zero-order valence-electron chi connectivity index (χ0n) is 26.0. The van der Waals surface area contributed by atoms with E-state index >= 15 is 0 Å². The van der Waals surface area contributed by atoms with E-state index < -0.39 is 72.7 Å². The van der Waals surface area contributed by atoms with Gasteiger partial charge in [-0.15, -0.1) is 0 Å². The van der Waals surface area contributed by atoms with Gasteiger partial charge in [-0.2, -0.15) is 16.8 Å². The molecule has 0 radical (unpaired) electrons. The predicted octanol–water partition coefficient (Wildman–Crippen LogP) is 4.83. The molecule has 5 aliphatic carbocycles. The van der Waals surface area contributed by atoms with Gasteiger partial charge in [0.2, 0.25) is 0 Å². The van der Waals surface area contributed by atoms with Crippen LogP contribution >= 0.6 is 0 Å². The number of aliphatic carboxylic acids is 1. The molecule has 0 saturated heterocycles. The van der Waals surface area contributed by atoms with Crippen molar-refractivity contribution in [3.8, 4) is 0 Å². The molecule has 4 saturated carbocycles. The van der Waals surface area contributed by atoms with Crippen LogP contribution in [0.15, 0.2) is 11.6 Å². The summed E-state index contributed by atoms with van der Waals surface area (Å²) in [6.07, 6.45) is 6.09. The normalized spacial score (nSPS) is 50.0. The Morgan fingerprint density at radius 3 is 2.14 bits per heavy atom. The van der Waals surface area contributed by atoms with Crippen molar-refractivity contribution in [3.63, 3.8) is 0 Å². The Labute approximate surface area is 255 Å². The van der Waals surface area contributed by atoms with E-state index in [9.17, 15) is 40.9 Å². The first-order valence-electron chi connectivity index (χ1n) is 15.4. The highest BCUT2D eigenvalue weighted by Gasteiger charge is 2.72. The van der Waals surface area contributed by atoms with Crippen LogP contribution in [0.1, 0.15) is 99.3 Å². The lowest BCUT2D eigenvalue weighted by atomic mass is 9.33. The van der Waals surface area contributed by atoms with E-state index in [4.69, 9.17) is 8.37 Å². The lowest BCUT2D eigenvalue weighted by Gasteiger charge is -2.72. The molecule has 0 heterocycles. The van der Waals surface area contributed by atoms with Gasteiger partial charge in [-0.3, -0.25) is 13.9 Å². The third-order valence-electron chi connectivity index (χ3n) is 14.0. The summed E-state index contributed by atoms with van der Waals surface area (Å²) in [6.45, 7) is 11.6. The summed E-state index contributed by atoms with van der Waals surface area (Å²) in [7, 11) is -9.69. The van der Waals surface area contributed by atoms with Gasteiger partial charge < -0.3 is 10.2 Å². The zero-order chi connectivity index (χ0) is 32.2. The molecule has 0 bridgehead atoms. The maximum Gasteiger partial charge on any atom is 0.397 e. The lowest BCUT2D eigenvalue weighted by molar-refractivity contribution is -0.221. The minimum atomic E-state index is -4.86. The Balaban J connectivity index is 1.60. The number of hydrogen-bond acceptors (Lipinski definition) is 8. The summed E-state index contributed by atoms with van der Waals surface area (Å²) in [5, 5.41) is 22.6. The van der Waals surface area contributed by atoms with Crippen LogP contribution in [0.2, 0.25) is 0 Å². The van der Waals surface area contributed by atoms with Crippen molar-refractivity contribution in [2.45, 2.75) is 111 Å². The van der Waals surface area contributed by atoms with Crippen LogP contribution in [0, 0.1) is 50.7 Å². The molecule has 0 aromatic carbocycles. The molecule has 0 aliphatic heterocycles. The van der Waals surface area contributed by atoms with Crippen LogP contribution in [0.4, 0.5) is 0 Å². The summed E-state index contributed by atoms with van der Waals surface area (Å²) in [6, 6.07) is 0. The van der Waals surface area contributed by atoms with Crippen molar-refractivity contribution >= 4 is 26.8 Å². The molecule has 13 heteroatoms. The van der Waals surface area contributed by atoms with Gasteiger partial charge in [0.05, 0.1) is 23.7 Å². The molecule has 11 atom stereocenters. The Bertz CT molecular complexity index is 1420. The second kappa shape index (κ2) is 9.95. The fourth-order valence-electron chi connectivity index (χ4n) is 11.3. The Kier molecular flexibility index (Phi) is 7.70. The van der Waals surface area contributed by atoms with E-state index in [0.29, 0.717) is 51.4 Å². The quantitative estimate of drug-likeness (QED) is 0.228. The molecule has 0 aromatic heterocycles. The number of aliphatic hydroxyl groups is 1. The molecular formula is C30H48O11S2. The standard InChI is InChI=1S/C30H48O11S2/c1-18-9-14-30(24(31)32)16-15-27(4)19(23(30)29(18,6)33)7-8-21-25(2)12-11-22(41-43(37,38)39)26(3,17-40-42(34,35)36)20(25)10-13-28(21,27)5/h7,18,20-23,33H,8-17H2,1-6H3,(H,31,32)(H,34,35,36)(H,37,38,39)/t18-,20-,21-,22+,23-,25+,26+,27-,28-,29-,30+/m1/s1. The van der Waals surface area contributed by atoms with Crippen molar-refractivity contribution < 1.29 is 49.3 Å². The van der Waals surface area contributed by atoms with Crippen LogP contribution in [0.25, 0.3) is 0 Å². The SMILES string of the molecule is C[C@@H]1CC[C@]2(C(=O)O)CC[C@]3(C)C(=CC[C@@H]4[C@@]5(C)CC[C@H](OS(=O)(=O)O)[C@@](C)(COS(=O)(=O)O)[C@@H]5CC[C@]43C)[C@@H]2[C@]1(C)O. The molecule has 0 spiro atoms. The van der Waals surface area contributed by atoms with E-state index in [1.54, 1.807) is 13.8 Å². The summed E-state index contributed by atoms with van der Waals surface area (Å²) in [4.78, 5) is 12.9. The van der Waals surface area contributed by atoms with Crippen LogP contribution < -0.4 is 0 Å².